The molecule has 30 heavy (non-hydrogen) atoms. The van der Waals surface area contributed by atoms with Crippen LogP contribution >= 0.6 is 11.6 Å². The average Bonchev–Trinajstić information content (AvgIpc) is 3.26. The lowest BCUT2D eigenvalue weighted by Gasteiger charge is -2.37. The zero-order valence-corrected chi connectivity index (χ0v) is 18.1. The van der Waals surface area contributed by atoms with Crippen molar-refractivity contribution in [1.29, 1.82) is 0 Å². The third kappa shape index (κ3) is 5.13. The molecule has 4 rings (SSSR count). The van der Waals surface area contributed by atoms with Gasteiger partial charge in [0.25, 0.3) is 0 Å². The topological polar surface area (TPSA) is 56.8 Å². The van der Waals surface area contributed by atoms with Crippen LogP contribution in [0.3, 0.4) is 0 Å². The van der Waals surface area contributed by atoms with E-state index in [4.69, 9.17) is 16.3 Å². The fraction of sp³-hybridized carbons (Fsp3) is 0.435. The van der Waals surface area contributed by atoms with Gasteiger partial charge in [0.2, 0.25) is 5.91 Å². The summed E-state index contributed by atoms with van der Waals surface area (Å²) in [6, 6.07) is 16.1. The van der Waals surface area contributed by atoms with Gasteiger partial charge in [-0.25, -0.2) is 10.9 Å². The zero-order valence-electron chi connectivity index (χ0n) is 17.3. The smallest absolute Gasteiger partial charge is 0.227 e. The van der Waals surface area contributed by atoms with E-state index in [1.165, 1.54) is 5.56 Å². The number of hydrogen-bond acceptors (Lipinski definition) is 5. The first-order valence-corrected chi connectivity index (χ1v) is 11.0. The Balaban J connectivity index is 1.24. The number of amides is 1. The molecule has 2 saturated heterocycles. The number of hydrogen-bond donors (Lipinski definition) is 2. The molecule has 2 unspecified atom stereocenters. The number of hydrazine groups is 1. The number of nitrogens with zero attached hydrogens (tertiary/aromatic N) is 2. The fourth-order valence-corrected chi connectivity index (χ4v) is 4.26. The monoisotopic (exact) mass is 428 g/mol. The molecule has 2 atom stereocenters. The second kappa shape index (κ2) is 9.79. The number of benzene rings is 2. The lowest BCUT2D eigenvalue weighted by atomic mass is 10.0. The molecule has 2 aromatic carbocycles. The fourth-order valence-electron chi connectivity index (χ4n) is 4.13. The van der Waals surface area contributed by atoms with Crippen molar-refractivity contribution in [3.63, 3.8) is 0 Å². The van der Waals surface area contributed by atoms with Crippen molar-refractivity contribution in [2.45, 2.75) is 32.0 Å². The van der Waals surface area contributed by atoms with Gasteiger partial charge >= 0.3 is 0 Å². The number of halogens is 1. The molecule has 2 aromatic rings. The molecule has 160 valence electrons. The van der Waals surface area contributed by atoms with Crippen LogP contribution in [0.4, 0.5) is 0 Å². The van der Waals surface area contributed by atoms with Crippen molar-refractivity contribution in [2.24, 2.45) is 0 Å². The molecule has 0 bridgehead atoms. The largest absolute Gasteiger partial charge is 0.494 e. The van der Waals surface area contributed by atoms with Gasteiger partial charge < -0.3 is 9.64 Å². The SMILES string of the molecule is CCOc1ccc(CC(=O)N2CCN(C3CC(c4ccc(Cl)cc4)NN3)CC2)cc1. The maximum absolute atomic E-state index is 12.7. The predicted octanol–water partition coefficient (Wildman–Crippen LogP) is 2.99. The van der Waals surface area contributed by atoms with Crippen molar-refractivity contribution in [1.82, 2.24) is 20.7 Å². The minimum absolute atomic E-state index is 0.190. The third-order valence-corrected chi connectivity index (χ3v) is 6.10. The second-order valence-corrected chi connectivity index (χ2v) is 8.25. The molecule has 0 aromatic heterocycles. The standard InChI is InChI=1S/C23H29ClN4O2/c1-2-30-20-9-3-17(4-10-20)15-23(29)28-13-11-27(12-14-28)22-16-21(25-26-22)18-5-7-19(24)8-6-18/h3-10,21-22,25-26H,2,11-16H2,1H3. The van der Waals surface area contributed by atoms with Gasteiger partial charge in [0.1, 0.15) is 5.75 Å². The van der Waals surface area contributed by atoms with E-state index in [0.717, 1.165) is 48.9 Å². The zero-order chi connectivity index (χ0) is 20.9. The summed E-state index contributed by atoms with van der Waals surface area (Å²) in [5, 5.41) is 0.757. The summed E-state index contributed by atoms with van der Waals surface area (Å²) in [5.74, 6) is 1.03. The van der Waals surface area contributed by atoms with Crippen LogP contribution < -0.4 is 15.6 Å². The minimum atomic E-state index is 0.190. The Morgan fingerprint density at radius 2 is 1.73 bits per heavy atom. The Morgan fingerprint density at radius 1 is 1.03 bits per heavy atom. The summed E-state index contributed by atoms with van der Waals surface area (Å²) in [4.78, 5) is 17.1. The number of ether oxygens (including phenoxy) is 1. The van der Waals surface area contributed by atoms with Crippen LogP contribution in [0.1, 0.15) is 30.5 Å². The van der Waals surface area contributed by atoms with Crippen LogP contribution in [0.5, 0.6) is 5.75 Å². The maximum Gasteiger partial charge on any atom is 0.227 e. The first kappa shape index (κ1) is 21.1. The Kier molecular flexibility index (Phi) is 6.89. The number of nitrogens with one attached hydrogen (secondary N) is 2. The number of carbonyl (C=O) groups is 1. The second-order valence-electron chi connectivity index (χ2n) is 7.81. The summed E-state index contributed by atoms with van der Waals surface area (Å²) >= 11 is 6.00. The normalized spacial score (nSPS) is 22.3. The van der Waals surface area contributed by atoms with Gasteiger partial charge in [0.05, 0.1) is 19.2 Å². The molecule has 7 heteroatoms. The van der Waals surface area contributed by atoms with Crippen molar-refractivity contribution in [3.05, 3.63) is 64.7 Å². The number of rotatable bonds is 6. The highest BCUT2D eigenvalue weighted by atomic mass is 35.5. The highest BCUT2D eigenvalue weighted by molar-refractivity contribution is 6.30. The molecule has 2 N–H and O–H groups in total. The maximum atomic E-state index is 12.7. The molecule has 2 fully saturated rings. The molecule has 2 aliphatic rings. The van der Waals surface area contributed by atoms with E-state index in [2.05, 4.69) is 27.9 Å². The summed E-state index contributed by atoms with van der Waals surface area (Å²) < 4.78 is 5.47. The molecule has 0 spiro atoms. The van der Waals surface area contributed by atoms with Crippen LogP contribution in [0.25, 0.3) is 0 Å². The van der Waals surface area contributed by atoms with Gasteiger partial charge in [-0.2, -0.15) is 0 Å². The van der Waals surface area contributed by atoms with Crippen LogP contribution in [0.2, 0.25) is 5.02 Å². The van der Waals surface area contributed by atoms with Gasteiger partial charge in [-0.15, -0.1) is 0 Å². The molecule has 1 amide bonds. The molecule has 2 heterocycles. The number of carbonyl (C=O) groups excluding carboxylic acids is 1. The Hall–Kier alpha value is -2.12. The van der Waals surface area contributed by atoms with Crippen LogP contribution in [-0.4, -0.2) is 54.7 Å². The first-order chi connectivity index (χ1) is 14.6. The summed E-state index contributed by atoms with van der Waals surface area (Å²) in [5.41, 5.74) is 9.07. The molecular formula is C23H29ClN4O2. The average molecular weight is 429 g/mol. The minimum Gasteiger partial charge on any atom is -0.494 e. The Labute approximate surface area is 183 Å². The van der Waals surface area contributed by atoms with Crippen molar-refractivity contribution < 1.29 is 9.53 Å². The number of piperazine rings is 1. The molecule has 2 aliphatic heterocycles. The first-order valence-electron chi connectivity index (χ1n) is 10.6. The van der Waals surface area contributed by atoms with Crippen LogP contribution in [0, 0.1) is 0 Å². The van der Waals surface area contributed by atoms with Gasteiger partial charge in [-0.3, -0.25) is 9.69 Å². The van der Waals surface area contributed by atoms with Crippen LogP contribution in [0.15, 0.2) is 48.5 Å². The quantitative estimate of drug-likeness (QED) is 0.740. The van der Waals surface area contributed by atoms with E-state index >= 15 is 0 Å². The summed E-state index contributed by atoms with van der Waals surface area (Å²) in [6.45, 7) is 5.89. The predicted molar refractivity (Wildman–Crippen MR) is 118 cm³/mol. The lowest BCUT2D eigenvalue weighted by Crippen LogP contribution is -2.55. The molecule has 0 aliphatic carbocycles. The van der Waals surface area contributed by atoms with Gasteiger partial charge in [-0.05, 0) is 48.7 Å². The highest BCUT2D eigenvalue weighted by Gasteiger charge is 2.32. The van der Waals surface area contributed by atoms with Crippen molar-refractivity contribution in [3.8, 4) is 5.75 Å². The Morgan fingerprint density at radius 3 is 2.40 bits per heavy atom. The molecular weight excluding hydrogens is 400 g/mol. The van der Waals surface area contributed by atoms with Gasteiger partial charge in [0, 0.05) is 37.2 Å². The van der Waals surface area contributed by atoms with Crippen molar-refractivity contribution in [2.75, 3.05) is 32.8 Å². The Bertz CT molecular complexity index is 835. The van der Waals surface area contributed by atoms with E-state index < -0.39 is 0 Å². The van der Waals surface area contributed by atoms with E-state index in [-0.39, 0.29) is 18.1 Å². The summed E-state index contributed by atoms with van der Waals surface area (Å²) in [6.07, 6.45) is 1.70. The van der Waals surface area contributed by atoms with Crippen molar-refractivity contribution >= 4 is 17.5 Å². The molecule has 6 nitrogen and oxygen atoms in total. The van der Waals surface area contributed by atoms with Gasteiger partial charge in [0.15, 0.2) is 0 Å². The lowest BCUT2D eigenvalue weighted by molar-refractivity contribution is -0.132. The van der Waals surface area contributed by atoms with E-state index in [1.54, 1.807) is 0 Å². The highest BCUT2D eigenvalue weighted by Crippen LogP contribution is 2.25. The van der Waals surface area contributed by atoms with E-state index in [0.29, 0.717) is 13.0 Å². The van der Waals surface area contributed by atoms with E-state index in [9.17, 15) is 4.79 Å². The molecule has 0 saturated carbocycles. The summed E-state index contributed by atoms with van der Waals surface area (Å²) in [7, 11) is 0. The van der Waals surface area contributed by atoms with E-state index in [1.807, 2.05) is 48.2 Å². The van der Waals surface area contributed by atoms with Gasteiger partial charge in [-0.1, -0.05) is 35.9 Å². The van der Waals surface area contributed by atoms with Crippen LogP contribution in [-0.2, 0) is 11.2 Å². The third-order valence-electron chi connectivity index (χ3n) is 5.85. The molecule has 0 radical (unpaired) electrons.